The Labute approximate surface area is 134 Å². The van der Waals surface area contributed by atoms with Crippen LogP contribution in [0.4, 0.5) is 5.69 Å². The molecule has 22 heavy (non-hydrogen) atoms. The third kappa shape index (κ3) is 2.64. The highest BCUT2D eigenvalue weighted by Gasteiger charge is 2.31. The van der Waals surface area contributed by atoms with Crippen molar-refractivity contribution in [2.75, 3.05) is 31.6 Å². The van der Waals surface area contributed by atoms with Crippen LogP contribution in [0.1, 0.15) is 36.6 Å². The average Bonchev–Trinajstić information content (AvgIpc) is 2.71. The fraction of sp³-hybridized carbons (Fsp3) is 0.400. The fourth-order valence-corrected chi connectivity index (χ4v) is 3.64. The smallest absolute Gasteiger partial charge is 0.0672 e. The molecule has 1 unspecified atom stereocenters. The molecule has 0 radical (unpaired) electrons. The second kappa shape index (κ2) is 6.53. The van der Waals surface area contributed by atoms with Gasteiger partial charge in [-0.05, 0) is 36.2 Å². The Bertz CT molecular complexity index is 635. The number of piperazine rings is 1. The molecule has 2 nitrogen and oxygen atoms in total. The van der Waals surface area contributed by atoms with Crippen LogP contribution >= 0.6 is 0 Å². The number of anilines is 1. The van der Waals surface area contributed by atoms with Crippen molar-refractivity contribution in [3.8, 4) is 0 Å². The van der Waals surface area contributed by atoms with Gasteiger partial charge in [0.15, 0.2) is 0 Å². The zero-order chi connectivity index (χ0) is 15.5. The first-order valence-electron chi connectivity index (χ1n) is 8.44. The largest absolute Gasteiger partial charge is 0.362 e. The molecular weight excluding hydrogens is 268 g/mol. The van der Waals surface area contributed by atoms with Gasteiger partial charge in [-0.2, -0.15) is 0 Å². The van der Waals surface area contributed by atoms with Gasteiger partial charge in [-0.15, -0.1) is 0 Å². The molecule has 2 heterocycles. The molecule has 0 aliphatic carbocycles. The molecule has 0 N–H and O–H groups in total. The standard InChI is InChI=1S/C18H20N2.C2H6/c1-19-10-11-20-17-9-5-3-7-15(17)12-14-6-2-4-8-16(14)18(20)13-19;1-2/h2-9,18H,10-13H2,1H3;1-2H3. The minimum Gasteiger partial charge on any atom is -0.362 e. The van der Waals surface area contributed by atoms with E-state index in [2.05, 4.69) is 65.4 Å². The van der Waals surface area contributed by atoms with E-state index in [1.54, 1.807) is 0 Å². The van der Waals surface area contributed by atoms with E-state index < -0.39 is 0 Å². The molecule has 1 saturated heterocycles. The van der Waals surface area contributed by atoms with Crippen LogP contribution in [0.5, 0.6) is 0 Å². The number of benzene rings is 2. The van der Waals surface area contributed by atoms with Crippen LogP contribution < -0.4 is 4.90 Å². The lowest BCUT2D eigenvalue weighted by molar-refractivity contribution is 0.269. The topological polar surface area (TPSA) is 6.48 Å². The zero-order valence-corrected chi connectivity index (χ0v) is 13.9. The van der Waals surface area contributed by atoms with Crippen molar-refractivity contribution >= 4 is 5.69 Å². The summed E-state index contributed by atoms with van der Waals surface area (Å²) in [6.45, 7) is 7.38. The minimum absolute atomic E-state index is 0.494. The molecular formula is C20H26N2. The van der Waals surface area contributed by atoms with Crippen LogP contribution in [0, 0.1) is 0 Å². The first-order chi connectivity index (χ1) is 10.8. The van der Waals surface area contributed by atoms with Gasteiger partial charge in [-0.25, -0.2) is 0 Å². The van der Waals surface area contributed by atoms with Crippen LogP contribution in [0.15, 0.2) is 48.5 Å². The van der Waals surface area contributed by atoms with Gasteiger partial charge < -0.3 is 9.80 Å². The molecule has 1 atom stereocenters. The van der Waals surface area contributed by atoms with E-state index in [1.807, 2.05) is 13.8 Å². The molecule has 0 bridgehead atoms. The molecule has 0 saturated carbocycles. The second-order valence-corrected chi connectivity index (χ2v) is 5.98. The summed E-state index contributed by atoms with van der Waals surface area (Å²) in [5, 5.41) is 0. The lowest BCUT2D eigenvalue weighted by Crippen LogP contribution is -2.46. The third-order valence-electron chi connectivity index (χ3n) is 4.68. The Morgan fingerprint density at radius 2 is 1.55 bits per heavy atom. The molecule has 0 amide bonds. The van der Waals surface area contributed by atoms with Crippen molar-refractivity contribution in [1.29, 1.82) is 0 Å². The summed E-state index contributed by atoms with van der Waals surface area (Å²) in [5.41, 5.74) is 5.90. The van der Waals surface area contributed by atoms with E-state index in [-0.39, 0.29) is 0 Å². The average molecular weight is 294 g/mol. The van der Waals surface area contributed by atoms with Crippen LogP contribution in [-0.4, -0.2) is 31.6 Å². The highest BCUT2D eigenvalue weighted by Crippen LogP contribution is 2.38. The summed E-state index contributed by atoms with van der Waals surface area (Å²) in [5.74, 6) is 0. The minimum atomic E-state index is 0.494. The number of fused-ring (bicyclic) bond motifs is 5. The molecule has 116 valence electrons. The summed E-state index contributed by atoms with van der Waals surface area (Å²) < 4.78 is 0. The number of hydrogen-bond acceptors (Lipinski definition) is 2. The summed E-state index contributed by atoms with van der Waals surface area (Å²) in [4.78, 5) is 5.06. The molecule has 2 aromatic carbocycles. The van der Waals surface area contributed by atoms with Gasteiger partial charge >= 0.3 is 0 Å². The quantitative estimate of drug-likeness (QED) is 0.721. The van der Waals surface area contributed by atoms with Gasteiger partial charge in [-0.1, -0.05) is 56.3 Å². The van der Waals surface area contributed by atoms with Gasteiger partial charge in [0.2, 0.25) is 0 Å². The maximum atomic E-state index is 2.61. The number of nitrogens with zero attached hydrogens (tertiary/aromatic N) is 2. The van der Waals surface area contributed by atoms with Crippen LogP contribution in [0.2, 0.25) is 0 Å². The third-order valence-corrected chi connectivity index (χ3v) is 4.68. The number of likely N-dealkylation sites (N-methyl/N-ethyl adjacent to an activating group) is 1. The van der Waals surface area contributed by atoms with Gasteiger partial charge in [-0.3, -0.25) is 0 Å². The monoisotopic (exact) mass is 294 g/mol. The number of para-hydroxylation sites is 1. The summed E-state index contributed by atoms with van der Waals surface area (Å²) in [7, 11) is 2.23. The van der Waals surface area contributed by atoms with E-state index in [1.165, 1.54) is 22.4 Å². The fourth-order valence-electron chi connectivity index (χ4n) is 3.64. The van der Waals surface area contributed by atoms with Crippen molar-refractivity contribution in [2.24, 2.45) is 0 Å². The van der Waals surface area contributed by atoms with Crippen LogP contribution in [0.3, 0.4) is 0 Å². The molecule has 2 aromatic rings. The molecule has 2 aliphatic heterocycles. The van der Waals surface area contributed by atoms with Crippen molar-refractivity contribution in [1.82, 2.24) is 4.90 Å². The first kappa shape index (κ1) is 15.1. The molecule has 0 aromatic heterocycles. The summed E-state index contributed by atoms with van der Waals surface area (Å²) in [6.07, 6.45) is 1.06. The van der Waals surface area contributed by atoms with Crippen molar-refractivity contribution < 1.29 is 0 Å². The highest BCUT2D eigenvalue weighted by atomic mass is 15.3. The molecule has 2 aliphatic rings. The SMILES string of the molecule is CC.CN1CCN2c3ccccc3Cc3ccccc3C2C1. The van der Waals surface area contributed by atoms with Crippen LogP contribution in [0.25, 0.3) is 0 Å². The molecule has 0 spiro atoms. The van der Waals surface area contributed by atoms with Gasteiger partial charge in [0.05, 0.1) is 6.04 Å². The van der Waals surface area contributed by atoms with Crippen molar-refractivity contribution in [3.63, 3.8) is 0 Å². The van der Waals surface area contributed by atoms with E-state index in [0.29, 0.717) is 6.04 Å². The van der Waals surface area contributed by atoms with E-state index >= 15 is 0 Å². The lowest BCUT2D eigenvalue weighted by Gasteiger charge is -2.41. The van der Waals surface area contributed by atoms with E-state index in [4.69, 9.17) is 0 Å². The van der Waals surface area contributed by atoms with Gasteiger partial charge in [0, 0.05) is 25.3 Å². The van der Waals surface area contributed by atoms with Gasteiger partial charge in [0.25, 0.3) is 0 Å². The summed E-state index contributed by atoms with van der Waals surface area (Å²) >= 11 is 0. The number of rotatable bonds is 0. The summed E-state index contributed by atoms with van der Waals surface area (Å²) in [6, 6.07) is 18.4. The maximum Gasteiger partial charge on any atom is 0.0672 e. The predicted octanol–water partition coefficient (Wildman–Crippen LogP) is 4.11. The van der Waals surface area contributed by atoms with E-state index in [0.717, 1.165) is 26.1 Å². The van der Waals surface area contributed by atoms with Crippen molar-refractivity contribution in [2.45, 2.75) is 26.3 Å². The molecule has 4 rings (SSSR count). The Morgan fingerprint density at radius 1 is 0.864 bits per heavy atom. The normalized spacial score (nSPS) is 20.0. The Hall–Kier alpha value is -1.80. The van der Waals surface area contributed by atoms with Crippen molar-refractivity contribution in [3.05, 3.63) is 65.2 Å². The highest BCUT2D eigenvalue weighted by molar-refractivity contribution is 5.60. The Balaban J connectivity index is 0.000000693. The lowest BCUT2D eigenvalue weighted by atomic mass is 9.96. The second-order valence-electron chi connectivity index (χ2n) is 5.98. The zero-order valence-electron chi connectivity index (χ0n) is 13.9. The number of hydrogen-bond donors (Lipinski definition) is 0. The van der Waals surface area contributed by atoms with E-state index in [9.17, 15) is 0 Å². The Morgan fingerprint density at radius 3 is 2.36 bits per heavy atom. The van der Waals surface area contributed by atoms with Crippen LogP contribution in [-0.2, 0) is 6.42 Å². The molecule has 2 heteroatoms. The first-order valence-corrected chi connectivity index (χ1v) is 8.44. The maximum absolute atomic E-state index is 2.61. The predicted molar refractivity (Wildman–Crippen MR) is 94.6 cm³/mol. The molecule has 1 fully saturated rings. The van der Waals surface area contributed by atoms with Gasteiger partial charge in [0.1, 0.15) is 0 Å². The Kier molecular flexibility index (Phi) is 4.49.